The first kappa shape index (κ1) is 25.1. The number of phenols is 1. The second-order valence-corrected chi connectivity index (χ2v) is 8.19. The van der Waals surface area contributed by atoms with Crippen LogP contribution in [0.15, 0.2) is 78.9 Å². The number of nitrogens with zero attached hydrogens (tertiary/aromatic N) is 2. The summed E-state index contributed by atoms with van der Waals surface area (Å²) in [5.74, 6) is -1.24. The maximum Gasteiger partial charge on any atom is 0.337 e. The molecule has 0 saturated heterocycles. The van der Waals surface area contributed by atoms with Crippen molar-refractivity contribution >= 4 is 23.5 Å². The molecule has 0 fully saturated rings. The molecule has 9 nitrogen and oxygen atoms in total. The van der Waals surface area contributed by atoms with Crippen LogP contribution >= 0.6 is 0 Å². The highest BCUT2D eigenvalue weighted by Crippen LogP contribution is 2.31. The normalized spacial score (nSPS) is 10.5. The van der Waals surface area contributed by atoms with Crippen LogP contribution in [0.4, 0.5) is 5.69 Å². The zero-order valence-corrected chi connectivity index (χ0v) is 20.0. The second-order valence-electron chi connectivity index (χ2n) is 8.19. The highest BCUT2D eigenvalue weighted by molar-refractivity contribution is 6.06. The number of aromatic nitrogens is 2. The van der Waals surface area contributed by atoms with E-state index < -0.39 is 11.9 Å². The zero-order valence-electron chi connectivity index (χ0n) is 20.0. The quantitative estimate of drug-likeness (QED) is 0.313. The monoisotopic (exact) mass is 496 g/mol. The summed E-state index contributed by atoms with van der Waals surface area (Å²) in [5.41, 5.74) is 9.59. The first-order valence-corrected chi connectivity index (χ1v) is 11.4. The van der Waals surface area contributed by atoms with Gasteiger partial charge in [0, 0.05) is 23.1 Å². The van der Waals surface area contributed by atoms with E-state index in [-0.39, 0.29) is 18.1 Å². The molecule has 0 aliphatic carbocycles. The molecule has 0 aliphatic heterocycles. The number of methoxy groups -OCH3 is 1. The Morgan fingerprint density at radius 1 is 0.919 bits per heavy atom. The summed E-state index contributed by atoms with van der Waals surface area (Å²) in [5, 5.41) is 21.2. The van der Waals surface area contributed by atoms with Crippen molar-refractivity contribution < 1.29 is 24.2 Å². The Labute approximate surface area is 212 Å². The third kappa shape index (κ3) is 5.96. The van der Waals surface area contributed by atoms with E-state index in [0.717, 1.165) is 0 Å². The van der Waals surface area contributed by atoms with Gasteiger partial charge >= 0.3 is 5.97 Å². The molecule has 4 rings (SSSR count). The molecule has 3 aromatic carbocycles. The number of nitrogens with one attached hydrogen (secondary N) is 1. The van der Waals surface area contributed by atoms with E-state index >= 15 is 0 Å². The molecule has 1 heterocycles. The average Bonchev–Trinajstić information content (AvgIpc) is 2.92. The Kier molecular flexibility index (Phi) is 7.53. The maximum absolute atomic E-state index is 12.8. The number of para-hydroxylation sites is 1. The fraction of sp³-hybridized carbons (Fsp3) is 0.107. The van der Waals surface area contributed by atoms with Crippen LogP contribution in [0.25, 0.3) is 22.5 Å². The molecule has 4 N–H and O–H groups in total. The molecule has 4 aromatic rings. The number of nitrogens with two attached hydrogens (primary N) is 1. The third-order valence-corrected chi connectivity index (χ3v) is 5.65. The number of carbonyl (C=O) groups excluding carboxylic acids is 3. The molecule has 0 saturated carbocycles. The molecule has 0 bridgehead atoms. The van der Waals surface area contributed by atoms with Crippen molar-refractivity contribution in [1.82, 2.24) is 10.2 Å². The highest BCUT2D eigenvalue weighted by atomic mass is 16.5. The predicted octanol–water partition coefficient (Wildman–Crippen LogP) is 3.97. The van der Waals surface area contributed by atoms with Gasteiger partial charge in [-0.15, -0.1) is 10.2 Å². The number of primary amides is 1. The van der Waals surface area contributed by atoms with Gasteiger partial charge < -0.3 is 20.9 Å². The van der Waals surface area contributed by atoms with Crippen LogP contribution in [0.5, 0.6) is 5.75 Å². The number of ether oxygens (including phenoxy) is 1. The van der Waals surface area contributed by atoms with Crippen molar-refractivity contribution in [3.8, 4) is 28.3 Å². The largest absolute Gasteiger partial charge is 0.508 e. The Balaban J connectivity index is 1.72. The number of esters is 1. The molecular weight excluding hydrogens is 472 g/mol. The van der Waals surface area contributed by atoms with Gasteiger partial charge in [0.25, 0.3) is 5.91 Å². The van der Waals surface area contributed by atoms with Crippen LogP contribution in [0.3, 0.4) is 0 Å². The topological polar surface area (TPSA) is 144 Å². The summed E-state index contributed by atoms with van der Waals surface area (Å²) in [6.07, 6.45) is 0.395. The van der Waals surface area contributed by atoms with Crippen molar-refractivity contribution in [3.63, 3.8) is 0 Å². The first-order valence-electron chi connectivity index (χ1n) is 11.4. The third-order valence-electron chi connectivity index (χ3n) is 5.65. The summed E-state index contributed by atoms with van der Waals surface area (Å²) in [7, 11) is 1.31. The Morgan fingerprint density at radius 2 is 1.68 bits per heavy atom. The number of benzene rings is 3. The van der Waals surface area contributed by atoms with Gasteiger partial charge in [-0.05, 0) is 60.5 Å². The molecule has 9 heteroatoms. The Morgan fingerprint density at radius 3 is 2.41 bits per heavy atom. The minimum Gasteiger partial charge on any atom is -0.508 e. The number of anilines is 1. The van der Waals surface area contributed by atoms with Crippen LogP contribution < -0.4 is 11.1 Å². The summed E-state index contributed by atoms with van der Waals surface area (Å²) in [6.45, 7) is 0. The lowest BCUT2D eigenvalue weighted by Gasteiger charge is -2.14. The van der Waals surface area contributed by atoms with E-state index in [9.17, 15) is 19.5 Å². The second kappa shape index (κ2) is 11.1. The van der Waals surface area contributed by atoms with E-state index in [2.05, 4.69) is 15.5 Å². The average molecular weight is 497 g/mol. The van der Waals surface area contributed by atoms with Gasteiger partial charge in [0.05, 0.1) is 29.7 Å². The van der Waals surface area contributed by atoms with E-state index in [1.54, 1.807) is 48.5 Å². The van der Waals surface area contributed by atoms with Crippen LogP contribution in [0.1, 0.15) is 32.7 Å². The van der Waals surface area contributed by atoms with Gasteiger partial charge in [-0.3, -0.25) is 9.59 Å². The number of hydrogen-bond acceptors (Lipinski definition) is 7. The number of hydrogen-bond donors (Lipinski definition) is 3. The fourth-order valence-corrected chi connectivity index (χ4v) is 3.79. The van der Waals surface area contributed by atoms with Crippen LogP contribution in [0.2, 0.25) is 0 Å². The number of aryl methyl sites for hydroxylation is 1. The van der Waals surface area contributed by atoms with Crippen LogP contribution in [-0.2, 0) is 16.0 Å². The maximum atomic E-state index is 12.8. The van der Waals surface area contributed by atoms with E-state index in [4.69, 9.17) is 10.5 Å². The lowest BCUT2D eigenvalue weighted by atomic mass is 9.98. The minimum absolute atomic E-state index is 0.0629. The standard InChI is InChI=1S/C28H24N4O5/c1-37-28(36)20-6-4-5-18(15-20)26-19(11-14-25(29)34)16-24(31-32-26)22-7-2-3-8-23(22)30-27(35)17-9-12-21(33)13-10-17/h2-10,12-13,15-16,33H,11,14H2,1H3,(H2,29,34)(H,30,35). The summed E-state index contributed by atoms with van der Waals surface area (Å²) in [6, 6.07) is 21.6. The number of rotatable bonds is 8. The van der Waals surface area contributed by atoms with Gasteiger partial charge in [-0.25, -0.2) is 4.79 Å². The van der Waals surface area contributed by atoms with Crippen LogP contribution in [-0.4, -0.2) is 40.2 Å². The molecule has 0 spiro atoms. The van der Waals surface area contributed by atoms with Gasteiger partial charge in [0.1, 0.15) is 5.75 Å². The van der Waals surface area contributed by atoms with E-state index in [1.165, 1.54) is 31.4 Å². The summed E-state index contributed by atoms with van der Waals surface area (Å²) < 4.78 is 4.81. The number of amides is 2. The van der Waals surface area contributed by atoms with Crippen molar-refractivity contribution in [2.24, 2.45) is 5.73 Å². The molecule has 0 atom stereocenters. The van der Waals surface area contributed by atoms with Crippen LogP contribution in [0, 0.1) is 0 Å². The Bertz CT molecular complexity index is 1470. The van der Waals surface area contributed by atoms with Crippen molar-refractivity contribution in [2.75, 3.05) is 12.4 Å². The van der Waals surface area contributed by atoms with E-state index in [1.807, 2.05) is 6.07 Å². The zero-order chi connectivity index (χ0) is 26.4. The molecule has 1 aromatic heterocycles. The molecular formula is C28H24N4O5. The summed E-state index contributed by atoms with van der Waals surface area (Å²) in [4.78, 5) is 36.4. The predicted molar refractivity (Wildman–Crippen MR) is 138 cm³/mol. The van der Waals surface area contributed by atoms with Gasteiger partial charge in [0.15, 0.2) is 0 Å². The molecule has 2 amide bonds. The number of carbonyl (C=O) groups is 3. The fourth-order valence-electron chi connectivity index (χ4n) is 3.79. The SMILES string of the molecule is COC(=O)c1cccc(-c2nnc(-c3ccccc3NC(=O)c3ccc(O)cc3)cc2CCC(N)=O)c1. The lowest BCUT2D eigenvalue weighted by Crippen LogP contribution is -2.13. The van der Waals surface area contributed by atoms with Gasteiger partial charge in [-0.2, -0.15) is 0 Å². The Hall–Kier alpha value is -5.05. The van der Waals surface area contributed by atoms with Crippen molar-refractivity contribution in [2.45, 2.75) is 12.8 Å². The van der Waals surface area contributed by atoms with Gasteiger partial charge in [-0.1, -0.05) is 30.3 Å². The molecule has 0 aliphatic rings. The van der Waals surface area contributed by atoms with Gasteiger partial charge in [0.2, 0.25) is 5.91 Å². The molecule has 37 heavy (non-hydrogen) atoms. The van der Waals surface area contributed by atoms with Crippen molar-refractivity contribution in [3.05, 3.63) is 95.6 Å². The summed E-state index contributed by atoms with van der Waals surface area (Å²) >= 11 is 0. The minimum atomic E-state index is -0.483. The smallest absolute Gasteiger partial charge is 0.337 e. The number of phenolic OH excluding ortho intramolecular Hbond substituents is 1. The highest BCUT2D eigenvalue weighted by Gasteiger charge is 2.17. The lowest BCUT2D eigenvalue weighted by molar-refractivity contribution is -0.118. The van der Waals surface area contributed by atoms with Crippen molar-refractivity contribution in [1.29, 1.82) is 0 Å². The van der Waals surface area contributed by atoms with E-state index in [0.29, 0.717) is 51.3 Å². The first-order chi connectivity index (χ1) is 17.9. The number of aromatic hydroxyl groups is 1. The molecule has 0 radical (unpaired) electrons. The molecule has 186 valence electrons. The molecule has 0 unspecified atom stereocenters.